The molecule has 0 saturated heterocycles. The van der Waals surface area contributed by atoms with Crippen LogP contribution >= 0.6 is 0 Å². The number of aliphatic imine (C=N–C) groups is 1. The first-order valence-electron chi connectivity index (χ1n) is 5.54. The van der Waals surface area contributed by atoms with Crippen LogP contribution in [0.3, 0.4) is 0 Å². The molecule has 0 bridgehead atoms. The van der Waals surface area contributed by atoms with E-state index >= 15 is 0 Å². The van der Waals surface area contributed by atoms with Gasteiger partial charge in [0.15, 0.2) is 0 Å². The summed E-state index contributed by atoms with van der Waals surface area (Å²) in [6.07, 6.45) is 3.07. The van der Waals surface area contributed by atoms with E-state index < -0.39 is 0 Å². The molecule has 80 valence electrons. The molecule has 1 aromatic rings. The van der Waals surface area contributed by atoms with Crippen LogP contribution in [0.4, 0.5) is 5.69 Å². The van der Waals surface area contributed by atoms with Crippen molar-refractivity contribution >= 4 is 11.7 Å². The number of hydrogen-bond acceptors (Lipinski definition) is 2. The third-order valence-corrected chi connectivity index (χ3v) is 2.77. The van der Waals surface area contributed by atoms with Crippen molar-refractivity contribution in [1.82, 2.24) is 0 Å². The monoisotopic (exact) mass is 202 g/mol. The lowest BCUT2D eigenvalue weighted by molar-refractivity contribution is 0.980. The Morgan fingerprint density at radius 1 is 1.07 bits per heavy atom. The average molecular weight is 202 g/mol. The lowest BCUT2D eigenvalue weighted by Crippen LogP contribution is -1.97. The molecule has 15 heavy (non-hydrogen) atoms. The van der Waals surface area contributed by atoms with Crippen molar-refractivity contribution < 1.29 is 0 Å². The third kappa shape index (κ3) is 2.34. The highest BCUT2D eigenvalue weighted by Crippen LogP contribution is 2.27. The van der Waals surface area contributed by atoms with Gasteiger partial charge in [0.25, 0.3) is 0 Å². The van der Waals surface area contributed by atoms with Gasteiger partial charge in [0.2, 0.25) is 0 Å². The van der Waals surface area contributed by atoms with Gasteiger partial charge in [-0.1, -0.05) is 26.8 Å². The summed E-state index contributed by atoms with van der Waals surface area (Å²) in [7, 11) is 0. The van der Waals surface area contributed by atoms with E-state index in [1.165, 1.54) is 16.7 Å². The van der Waals surface area contributed by atoms with Crippen molar-refractivity contribution in [3.05, 3.63) is 28.8 Å². The highest BCUT2D eigenvalue weighted by Gasteiger charge is 2.08. The van der Waals surface area contributed by atoms with Crippen molar-refractivity contribution in [2.75, 3.05) is 0 Å². The molecule has 2 nitrogen and oxygen atoms in total. The van der Waals surface area contributed by atoms with Crippen LogP contribution in [0.2, 0.25) is 0 Å². The van der Waals surface area contributed by atoms with Crippen LogP contribution in [0.25, 0.3) is 0 Å². The van der Waals surface area contributed by atoms with Gasteiger partial charge < -0.3 is 0 Å². The van der Waals surface area contributed by atoms with E-state index in [1.807, 2.05) is 6.07 Å². The van der Waals surface area contributed by atoms with Gasteiger partial charge in [0.1, 0.15) is 0 Å². The molecule has 0 unspecified atom stereocenters. The Kier molecular flexibility index (Phi) is 4.26. The van der Waals surface area contributed by atoms with Crippen molar-refractivity contribution in [2.24, 2.45) is 4.99 Å². The van der Waals surface area contributed by atoms with E-state index in [9.17, 15) is 0 Å². The standard InChI is InChI=1S/C13H18N2/c1-4-10-7-8-13(15-9-14)12(6-3)11(10)5-2/h7-8,14H,4-6H2,1-3H3. The lowest BCUT2D eigenvalue weighted by atomic mass is 9.94. The normalized spacial score (nSPS) is 9.80. The number of aryl methyl sites for hydroxylation is 1. The molecular weight excluding hydrogens is 184 g/mol. The zero-order chi connectivity index (χ0) is 11.3. The SMILES string of the molecule is CCc1ccc(N=C=N)c(CC)c1CC. The molecule has 0 aliphatic rings. The van der Waals surface area contributed by atoms with E-state index in [-0.39, 0.29) is 0 Å². The fourth-order valence-corrected chi connectivity index (χ4v) is 2.06. The zero-order valence-electron chi connectivity index (χ0n) is 9.72. The van der Waals surface area contributed by atoms with Gasteiger partial charge in [-0.05, 0) is 42.0 Å². The molecule has 1 rings (SSSR count). The summed E-state index contributed by atoms with van der Waals surface area (Å²) in [5.41, 5.74) is 4.98. The Hall–Kier alpha value is -1.40. The van der Waals surface area contributed by atoms with Crippen LogP contribution in [0.15, 0.2) is 17.1 Å². The van der Waals surface area contributed by atoms with Crippen LogP contribution in [-0.4, -0.2) is 6.01 Å². The Bertz CT molecular complexity index is 388. The molecule has 0 aromatic heterocycles. The van der Waals surface area contributed by atoms with Crippen molar-refractivity contribution in [1.29, 1.82) is 5.41 Å². The average Bonchev–Trinajstić information content (AvgIpc) is 2.28. The van der Waals surface area contributed by atoms with Gasteiger partial charge in [-0.3, -0.25) is 0 Å². The molecule has 0 aliphatic carbocycles. The van der Waals surface area contributed by atoms with Crippen LogP contribution in [-0.2, 0) is 19.3 Å². The van der Waals surface area contributed by atoms with E-state index in [0.717, 1.165) is 24.9 Å². The molecular formula is C13H18N2. The molecule has 0 heterocycles. The van der Waals surface area contributed by atoms with Crippen molar-refractivity contribution in [3.8, 4) is 0 Å². The molecule has 0 atom stereocenters. The first kappa shape index (κ1) is 11.7. The number of hydrogen-bond donors (Lipinski definition) is 1. The summed E-state index contributed by atoms with van der Waals surface area (Å²) >= 11 is 0. The lowest BCUT2D eigenvalue weighted by Gasteiger charge is -2.13. The highest BCUT2D eigenvalue weighted by atomic mass is 14.7. The van der Waals surface area contributed by atoms with Crippen LogP contribution in [0.5, 0.6) is 0 Å². The summed E-state index contributed by atoms with van der Waals surface area (Å²) in [4.78, 5) is 3.98. The first-order valence-corrected chi connectivity index (χ1v) is 5.54. The Labute approximate surface area is 91.6 Å². The van der Waals surface area contributed by atoms with Crippen molar-refractivity contribution in [2.45, 2.75) is 40.0 Å². The summed E-state index contributed by atoms with van der Waals surface area (Å²) in [6.45, 7) is 6.48. The fraction of sp³-hybridized carbons (Fsp3) is 0.462. The molecule has 0 spiro atoms. The second kappa shape index (κ2) is 5.47. The summed E-state index contributed by atoms with van der Waals surface area (Å²) in [6, 6.07) is 6.24. The van der Waals surface area contributed by atoms with Gasteiger partial charge >= 0.3 is 0 Å². The smallest absolute Gasteiger partial charge is 0.0918 e. The number of nitrogens with zero attached hydrogens (tertiary/aromatic N) is 1. The van der Waals surface area contributed by atoms with Crippen LogP contribution in [0, 0.1) is 5.41 Å². The molecule has 0 fully saturated rings. The van der Waals surface area contributed by atoms with Crippen molar-refractivity contribution in [3.63, 3.8) is 0 Å². The molecule has 0 amide bonds. The molecule has 1 N–H and O–H groups in total. The molecule has 0 radical (unpaired) electrons. The minimum Gasteiger partial charge on any atom is -0.241 e. The maximum absolute atomic E-state index is 6.92. The van der Waals surface area contributed by atoms with E-state index in [1.54, 1.807) is 0 Å². The minimum atomic E-state index is 0.904. The highest BCUT2D eigenvalue weighted by molar-refractivity contribution is 5.58. The first-order chi connectivity index (χ1) is 7.28. The molecule has 0 saturated carbocycles. The largest absolute Gasteiger partial charge is 0.241 e. The third-order valence-electron chi connectivity index (χ3n) is 2.77. The maximum atomic E-state index is 6.92. The zero-order valence-corrected chi connectivity index (χ0v) is 9.72. The molecule has 1 aromatic carbocycles. The topological polar surface area (TPSA) is 36.2 Å². The predicted octanol–water partition coefficient (Wildman–Crippen LogP) is 3.76. The number of rotatable bonds is 4. The van der Waals surface area contributed by atoms with Gasteiger partial charge in [-0.25, -0.2) is 5.41 Å². The second-order valence-electron chi connectivity index (χ2n) is 3.49. The van der Waals surface area contributed by atoms with E-state index in [4.69, 9.17) is 5.41 Å². The summed E-state index contributed by atoms with van der Waals surface area (Å²) in [5.74, 6) is 0. The Morgan fingerprint density at radius 3 is 2.20 bits per heavy atom. The quantitative estimate of drug-likeness (QED) is 0.722. The summed E-state index contributed by atoms with van der Waals surface area (Å²) < 4.78 is 0. The van der Waals surface area contributed by atoms with Gasteiger partial charge in [-0.2, -0.15) is 4.99 Å². The minimum absolute atomic E-state index is 0.904. The van der Waals surface area contributed by atoms with Gasteiger partial charge in [-0.15, -0.1) is 0 Å². The Morgan fingerprint density at radius 2 is 1.73 bits per heavy atom. The maximum Gasteiger partial charge on any atom is 0.0918 e. The van der Waals surface area contributed by atoms with Gasteiger partial charge in [0, 0.05) is 0 Å². The van der Waals surface area contributed by atoms with Crippen LogP contribution in [0.1, 0.15) is 37.5 Å². The number of benzene rings is 1. The molecule has 0 aliphatic heterocycles. The predicted molar refractivity (Wildman–Crippen MR) is 64.4 cm³/mol. The fourth-order valence-electron chi connectivity index (χ4n) is 2.06. The van der Waals surface area contributed by atoms with E-state index in [2.05, 4.69) is 37.8 Å². The van der Waals surface area contributed by atoms with Gasteiger partial charge in [0.05, 0.1) is 11.7 Å². The summed E-state index contributed by atoms with van der Waals surface area (Å²) in [5, 5.41) is 6.92. The molecule has 2 heteroatoms. The Balaban J connectivity index is 3.40. The van der Waals surface area contributed by atoms with E-state index in [0.29, 0.717) is 0 Å². The number of nitrogens with one attached hydrogen (secondary N) is 1. The second-order valence-corrected chi connectivity index (χ2v) is 3.49. The van der Waals surface area contributed by atoms with Crippen LogP contribution < -0.4 is 0 Å².